The maximum Gasteiger partial charge on any atom is 0.270 e. The first kappa shape index (κ1) is 14.5. The van der Waals surface area contributed by atoms with Crippen LogP contribution < -0.4 is 4.72 Å². The van der Waals surface area contributed by atoms with Gasteiger partial charge >= 0.3 is 0 Å². The number of benzene rings is 1. The van der Waals surface area contributed by atoms with Crippen LogP contribution in [0.2, 0.25) is 0 Å². The van der Waals surface area contributed by atoms with Gasteiger partial charge in [-0.2, -0.15) is 0 Å². The number of hydrogen-bond acceptors (Lipinski definition) is 4. The Bertz CT molecular complexity index is 659. The minimum absolute atomic E-state index is 0.0418. The number of sulfonamides is 1. The van der Waals surface area contributed by atoms with E-state index in [2.05, 4.69) is 4.72 Å². The number of hydrogen-bond donors (Lipinski definition) is 1. The Hall–Kier alpha value is -1.47. The molecule has 2 saturated carbocycles. The van der Waals surface area contributed by atoms with Gasteiger partial charge in [-0.3, -0.25) is 10.1 Å². The van der Waals surface area contributed by atoms with Gasteiger partial charge in [-0.05, 0) is 43.1 Å². The molecule has 1 aromatic rings. The summed E-state index contributed by atoms with van der Waals surface area (Å²) in [4.78, 5) is 10.1. The van der Waals surface area contributed by atoms with E-state index in [4.69, 9.17) is 0 Å². The van der Waals surface area contributed by atoms with Gasteiger partial charge in [-0.1, -0.05) is 12.5 Å². The van der Waals surface area contributed by atoms with E-state index in [-0.39, 0.29) is 10.6 Å². The van der Waals surface area contributed by atoms with Crippen molar-refractivity contribution in [2.75, 3.05) is 6.54 Å². The molecule has 2 aliphatic carbocycles. The van der Waals surface area contributed by atoms with Crippen molar-refractivity contribution < 1.29 is 13.3 Å². The summed E-state index contributed by atoms with van der Waals surface area (Å²) in [6.07, 6.45) is 4.80. The van der Waals surface area contributed by atoms with Crippen LogP contribution in [0.1, 0.15) is 25.7 Å². The van der Waals surface area contributed by atoms with Crippen molar-refractivity contribution in [2.24, 2.45) is 17.8 Å². The van der Waals surface area contributed by atoms with Gasteiger partial charge in [0.25, 0.3) is 5.69 Å². The summed E-state index contributed by atoms with van der Waals surface area (Å²) in [5.41, 5.74) is -0.210. The normalized spacial score (nSPS) is 27.9. The first-order chi connectivity index (χ1) is 9.95. The van der Waals surface area contributed by atoms with E-state index in [1.807, 2.05) is 0 Å². The summed E-state index contributed by atoms with van der Waals surface area (Å²) in [6.45, 7) is 0.437. The molecule has 3 rings (SSSR count). The predicted molar refractivity (Wildman–Crippen MR) is 77.2 cm³/mol. The summed E-state index contributed by atoms with van der Waals surface area (Å²) < 4.78 is 27.1. The third-order valence-corrected chi connectivity index (χ3v) is 6.18. The van der Waals surface area contributed by atoms with Crippen molar-refractivity contribution in [1.29, 1.82) is 0 Å². The maximum atomic E-state index is 12.2. The van der Waals surface area contributed by atoms with Gasteiger partial charge in [0, 0.05) is 18.7 Å². The van der Waals surface area contributed by atoms with Crippen molar-refractivity contribution in [3.05, 3.63) is 34.4 Å². The molecule has 0 amide bonds. The van der Waals surface area contributed by atoms with Crippen LogP contribution in [0, 0.1) is 27.9 Å². The Labute approximate surface area is 123 Å². The molecule has 2 bridgehead atoms. The second kappa shape index (κ2) is 5.38. The van der Waals surface area contributed by atoms with E-state index in [9.17, 15) is 18.5 Å². The first-order valence-corrected chi connectivity index (χ1v) is 8.68. The lowest BCUT2D eigenvalue weighted by atomic mass is 9.89. The smallest absolute Gasteiger partial charge is 0.258 e. The Morgan fingerprint density at radius 3 is 2.71 bits per heavy atom. The quantitative estimate of drug-likeness (QED) is 0.667. The van der Waals surface area contributed by atoms with Crippen molar-refractivity contribution in [2.45, 2.75) is 30.6 Å². The molecular weight excluding hydrogens is 292 g/mol. The zero-order valence-electron chi connectivity index (χ0n) is 11.6. The van der Waals surface area contributed by atoms with Gasteiger partial charge in [0.2, 0.25) is 10.0 Å². The van der Waals surface area contributed by atoms with Crippen LogP contribution in [0.5, 0.6) is 0 Å². The highest BCUT2D eigenvalue weighted by molar-refractivity contribution is 7.89. The summed E-state index contributed by atoms with van der Waals surface area (Å²) in [6, 6.07) is 5.17. The Morgan fingerprint density at radius 1 is 1.29 bits per heavy atom. The Kier molecular flexibility index (Phi) is 3.71. The molecule has 0 radical (unpaired) electrons. The monoisotopic (exact) mass is 310 g/mol. The highest BCUT2D eigenvalue weighted by Crippen LogP contribution is 2.48. The minimum Gasteiger partial charge on any atom is -0.258 e. The third-order valence-electron chi connectivity index (χ3n) is 4.76. The molecule has 114 valence electrons. The van der Waals surface area contributed by atoms with E-state index in [1.165, 1.54) is 37.5 Å². The lowest BCUT2D eigenvalue weighted by Gasteiger charge is -2.21. The molecule has 0 saturated heterocycles. The maximum absolute atomic E-state index is 12.2. The average Bonchev–Trinajstić information content (AvgIpc) is 3.08. The molecule has 0 heterocycles. The van der Waals surface area contributed by atoms with Crippen molar-refractivity contribution in [1.82, 2.24) is 4.72 Å². The third kappa shape index (κ3) is 2.94. The minimum atomic E-state index is -3.68. The van der Waals surface area contributed by atoms with Crippen LogP contribution in [-0.2, 0) is 10.0 Å². The van der Waals surface area contributed by atoms with Crippen molar-refractivity contribution >= 4 is 15.7 Å². The molecule has 0 unspecified atom stereocenters. The fourth-order valence-corrected chi connectivity index (χ4v) is 4.82. The lowest BCUT2D eigenvalue weighted by molar-refractivity contribution is -0.385. The van der Waals surface area contributed by atoms with E-state index < -0.39 is 14.9 Å². The second-order valence-electron chi connectivity index (χ2n) is 6.04. The molecule has 1 N–H and O–H groups in total. The standard InChI is InChI=1S/C14H18N2O4S/c17-16(18)13-2-1-3-14(8-13)21(19,20)15-9-12-7-10-4-5-11(12)6-10/h1-3,8,10-12,15H,4-7,9H2/t10-,11-,12-/m1/s1. The van der Waals surface area contributed by atoms with Crippen molar-refractivity contribution in [3.63, 3.8) is 0 Å². The number of nitro groups is 1. The van der Waals surface area contributed by atoms with Gasteiger partial charge in [0.15, 0.2) is 0 Å². The van der Waals surface area contributed by atoms with Crippen LogP contribution in [0.25, 0.3) is 0 Å². The number of non-ortho nitro benzene ring substituents is 1. The van der Waals surface area contributed by atoms with Gasteiger partial charge in [0.1, 0.15) is 0 Å². The van der Waals surface area contributed by atoms with E-state index in [0.717, 1.165) is 18.4 Å². The van der Waals surface area contributed by atoms with Gasteiger partial charge < -0.3 is 0 Å². The molecule has 21 heavy (non-hydrogen) atoms. The molecule has 7 heteroatoms. The molecular formula is C14H18N2O4S. The van der Waals surface area contributed by atoms with Crippen LogP contribution in [0.3, 0.4) is 0 Å². The molecule has 0 aliphatic heterocycles. The summed E-state index contributed by atoms with van der Waals surface area (Å²) in [7, 11) is -3.68. The second-order valence-corrected chi connectivity index (χ2v) is 7.81. The molecule has 1 aromatic carbocycles. The summed E-state index contributed by atoms with van der Waals surface area (Å²) >= 11 is 0. The van der Waals surface area contributed by atoms with Gasteiger partial charge in [-0.25, -0.2) is 13.1 Å². The number of fused-ring (bicyclic) bond motifs is 2. The predicted octanol–water partition coefficient (Wildman–Crippen LogP) is 2.31. The zero-order chi connectivity index (χ0) is 15.0. The van der Waals surface area contributed by atoms with Crippen LogP contribution in [0.4, 0.5) is 5.69 Å². The number of rotatable bonds is 5. The molecule has 2 aliphatic rings. The highest BCUT2D eigenvalue weighted by atomic mass is 32.2. The van der Waals surface area contributed by atoms with E-state index in [1.54, 1.807) is 0 Å². The topological polar surface area (TPSA) is 89.3 Å². The number of nitro benzene ring substituents is 1. The van der Waals surface area contributed by atoms with E-state index >= 15 is 0 Å². The summed E-state index contributed by atoms with van der Waals surface area (Å²) in [5.74, 6) is 1.82. The van der Waals surface area contributed by atoms with Crippen LogP contribution >= 0.6 is 0 Å². The van der Waals surface area contributed by atoms with Gasteiger partial charge in [0.05, 0.1) is 9.82 Å². The van der Waals surface area contributed by atoms with Crippen LogP contribution in [-0.4, -0.2) is 19.9 Å². The Morgan fingerprint density at radius 2 is 2.10 bits per heavy atom. The zero-order valence-corrected chi connectivity index (χ0v) is 12.4. The molecule has 6 nitrogen and oxygen atoms in total. The van der Waals surface area contributed by atoms with Crippen molar-refractivity contribution in [3.8, 4) is 0 Å². The largest absolute Gasteiger partial charge is 0.270 e. The fraction of sp³-hybridized carbons (Fsp3) is 0.571. The SMILES string of the molecule is O=[N+]([O-])c1cccc(S(=O)(=O)NC[C@H]2C[C@@H]3CC[C@@H]2C3)c1. The first-order valence-electron chi connectivity index (χ1n) is 7.20. The fourth-order valence-electron chi connectivity index (χ4n) is 3.69. The molecule has 0 spiro atoms. The average molecular weight is 310 g/mol. The lowest BCUT2D eigenvalue weighted by Crippen LogP contribution is -2.31. The van der Waals surface area contributed by atoms with Gasteiger partial charge in [-0.15, -0.1) is 0 Å². The van der Waals surface area contributed by atoms with E-state index in [0.29, 0.717) is 18.4 Å². The molecule has 3 atom stereocenters. The van der Waals surface area contributed by atoms with Crippen LogP contribution in [0.15, 0.2) is 29.2 Å². The number of nitrogens with one attached hydrogen (secondary N) is 1. The molecule has 0 aromatic heterocycles. The highest BCUT2D eigenvalue weighted by Gasteiger charge is 2.39. The molecule has 2 fully saturated rings. The Balaban J connectivity index is 1.69. The summed E-state index contributed by atoms with van der Waals surface area (Å²) in [5, 5.41) is 10.7. The number of nitrogens with zero attached hydrogens (tertiary/aromatic N) is 1.